The maximum Gasteiger partial charge on any atom is 0.264 e. The van der Waals surface area contributed by atoms with Crippen LogP contribution in [-0.4, -0.2) is 34.4 Å². The number of methoxy groups -OCH3 is 1. The van der Waals surface area contributed by atoms with Gasteiger partial charge in [-0.25, -0.2) is 4.68 Å². The summed E-state index contributed by atoms with van der Waals surface area (Å²) in [5.41, 5.74) is 2.15. The molecule has 0 saturated heterocycles. The van der Waals surface area contributed by atoms with Crippen LogP contribution in [0, 0.1) is 0 Å². The van der Waals surface area contributed by atoms with Crippen LogP contribution in [0.25, 0.3) is 0 Å². The maximum atomic E-state index is 12.5. The highest BCUT2D eigenvalue weighted by Gasteiger charge is 2.31. The second kappa shape index (κ2) is 10.1. The summed E-state index contributed by atoms with van der Waals surface area (Å²) in [4.78, 5) is 17.0. The first-order valence-electron chi connectivity index (χ1n) is 11.2. The van der Waals surface area contributed by atoms with Crippen molar-refractivity contribution >= 4 is 29.4 Å². The molecule has 4 aromatic rings. The molecule has 35 heavy (non-hydrogen) atoms. The van der Waals surface area contributed by atoms with Crippen LogP contribution in [0.5, 0.6) is 11.5 Å². The first-order valence-corrected chi connectivity index (χ1v) is 11.6. The van der Waals surface area contributed by atoms with Gasteiger partial charge in [-0.3, -0.25) is 10.1 Å². The zero-order chi connectivity index (χ0) is 24.2. The highest BCUT2D eigenvalue weighted by Crippen LogP contribution is 2.38. The molecule has 2 heterocycles. The Labute approximate surface area is 207 Å². The van der Waals surface area contributed by atoms with Gasteiger partial charge in [0.05, 0.1) is 19.2 Å². The summed E-state index contributed by atoms with van der Waals surface area (Å²) in [5, 5.41) is 11.4. The number of anilines is 2. The third-order valence-corrected chi connectivity index (χ3v) is 6.08. The Kier molecular flexibility index (Phi) is 6.54. The number of rotatable bonds is 7. The number of nitrogens with one attached hydrogen (secondary N) is 2. The molecule has 0 spiro atoms. The van der Waals surface area contributed by atoms with Crippen LogP contribution in [0.1, 0.15) is 29.6 Å². The molecule has 1 amide bonds. The molecule has 5 rings (SSSR count). The van der Waals surface area contributed by atoms with Gasteiger partial charge in [0.1, 0.15) is 11.5 Å². The summed E-state index contributed by atoms with van der Waals surface area (Å²) in [7, 11) is 1.65. The molecular formula is C26H24ClN5O3. The van der Waals surface area contributed by atoms with E-state index in [2.05, 4.69) is 20.7 Å². The molecule has 1 aromatic heterocycles. The van der Waals surface area contributed by atoms with E-state index in [1.54, 1.807) is 23.9 Å². The van der Waals surface area contributed by atoms with Crippen molar-refractivity contribution in [1.29, 1.82) is 0 Å². The Morgan fingerprint density at radius 3 is 2.46 bits per heavy atom. The van der Waals surface area contributed by atoms with Gasteiger partial charge >= 0.3 is 0 Å². The van der Waals surface area contributed by atoms with Crippen LogP contribution in [0.4, 0.5) is 11.9 Å². The SMILES string of the molecule is COc1ccc([C@H]2C[C@H](c3ccc(Cl)cc3)n3nc(NC(=O)COc4ccccc4)nc3N2)cc1. The number of hydrogen-bond donors (Lipinski definition) is 2. The van der Waals surface area contributed by atoms with Gasteiger partial charge in [-0.15, -0.1) is 5.10 Å². The van der Waals surface area contributed by atoms with E-state index in [9.17, 15) is 4.79 Å². The third kappa shape index (κ3) is 5.22. The standard InChI is InChI=1S/C26H24ClN5O3/c1-34-20-13-9-17(10-14-20)22-15-23(18-7-11-19(27)12-8-18)32-26(28-22)30-25(31-32)29-24(33)16-35-21-5-3-2-4-6-21/h2-14,22-23H,15-16H2,1H3,(H2,28,29,30,31,33)/t22-,23-/m1/s1. The normalized spacial score (nSPS) is 16.6. The van der Waals surface area contributed by atoms with Gasteiger partial charge in [0.2, 0.25) is 5.95 Å². The van der Waals surface area contributed by atoms with Gasteiger partial charge in [-0.2, -0.15) is 4.98 Å². The Morgan fingerprint density at radius 2 is 1.74 bits per heavy atom. The number of hydrogen-bond acceptors (Lipinski definition) is 6. The number of carbonyl (C=O) groups is 1. The van der Waals surface area contributed by atoms with E-state index in [1.165, 1.54) is 0 Å². The smallest absolute Gasteiger partial charge is 0.264 e. The lowest BCUT2D eigenvalue weighted by atomic mass is 9.93. The Hall–Kier alpha value is -4.04. The highest BCUT2D eigenvalue weighted by molar-refractivity contribution is 6.30. The highest BCUT2D eigenvalue weighted by atomic mass is 35.5. The summed E-state index contributed by atoms with van der Waals surface area (Å²) in [6.07, 6.45) is 0.731. The molecule has 9 heteroatoms. The largest absolute Gasteiger partial charge is 0.497 e. The van der Waals surface area contributed by atoms with Gasteiger partial charge in [0, 0.05) is 5.02 Å². The average molecular weight is 490 g/mol. The second-order valence-corrected chi connectivity index (χ2v) is 8.56. The predicted octanol–water partition coefficient (Wildman–Crippen LogP) is 5.10. The van der Waals surface area contributed by atoms with Crippen molar-refractivity contribution in [3.05, 3.63) is 95.0 Å². The van der Waals surface area contributed by atoms with Gasteiger partial charge in [0.25, 0.3) is 11.9 Å². The first kappa shape index (κ1) is 22.7. The van der Waals surface area contributed by atoms with Gasteiger partial charge in [-0.05, 0) is 53.9 Å². The monoisotopic (exact) mass is 489 g/mol. The van der Waals surface area contributed by atoms with Crippen LogP contribution in [-0.2, 0) is 4.79 Å². The van der Waals surface area contributed by atoms with Crippen LogP contribution in [0.15, 0.2) is 78.9 Å². The lowest BCUT2D eigenvalue weighted by molar-refractivity contribution is -0.118. The summed E-state index contributed by atoms with van der Waals surface area (Å²) in [6, 6.07) is 24.7. The van der Waals surface area contributed by atoms with Gasteiger partial charge in [-0.1, -0.05) is 54.1 Å². The molecule has 0 radical (unpaired) electrons. The van der Waals surface area contributed by atoms with Crippen molar-refractivity contribution in [2.45, 2.75) is 18.5 Å². The Balaban J connectivity index is 1.38. The second-order valence-electron chi connectivity index (χ2n) is 8.13. The lowest BCUT2D eigenvalue weighted by Crippen LogP contribution is -2.28. The molecule has 0 aliphatic carbocycles. The number of ether oxygens (including phenoxy) is 2. The number of benzene rings is 3. The fourth-order valence-electron chi connectivity index (χ4n) is 4.07. The van der Waals surface area contributed by atoms with Gasteiger partial charge < -0.3 is 14.8 Å². The van der Waals surface area contributed by atoms with Crippen LogP contribution >= 0.6 is 11.6 Å². The van der Waals surface area contributed by atoms with E-state index in [4.69, 9.17) is 21.1 Å². The Morgan fingerprint density at radius 1 is 1.03 bits per heavy atom. The number of aromatic nitrogens is 3. The summed E-state index contributed by atoms with van der Waals surface area (Å²) in [5.74, 6) is 1.85. The summed E-state index contributed by atoms with van der Waals surface area (Å²) < 4.78 is 12.6. The fraction of sp³-hybridized carbons (Fsp3) is 0.192. The summed E-state index contributed by atoms with van der Waals surface area (Å²) >= 11 is 6.12. The number of amides is 1. The van der Waals surface area contributed by atoms with E-state index >= 15 is 0 Å². The van der Waals surface area contributed by atoms with E-state index in [0.717, 1.165) is 23.3 Å². The van der Waals surface area contributed by atoms with E-state index in [1.807, 2.05) is 66.7 Å². The van der Waals surface area contributed by atoms with Crippen molar-refractivity contribution < 1.29 is 14.3 Å². The number of nitrogens with zero attached hydrogens (tertiary/aromatic N) is 3. The van der Waals surface area contributed by atoms with Crippen molar-refractivity contribution in [2.75, 3.05) is 24.4 Å². The van der Waals surface area contributed by atoms with Crippen molar-refractivity contribution in [3.63, 3.8) is 0 Å². The fourth-order valence-corrected chi connectivity index (χ4v) is 4.20. The van der Waals surface area contributed by atoms with Crippen LogP contribution < -0.4 is 20.1 Å². The number of carbonyl (C=O) groups excluding carboxylic acids is 1. The van der Waals surface area contributed by atoms with Crippen LogP contribution in [0.3, 0.4) is 0 Å². The lowest BCUT2D eigenvalue weighted by Gasteiger charge is -2.31. The predicted molar refractivity (Wildman–Crippen MR) is 134 cm³/mol. The molecule has 1 aliphatic rings. The number of halogens is 1. The Bertz CT molecular complexity index is 1290. The molecule has 2 N–H and O–H groups in total. The molecule has 8 nitrogen and oxygen atoms in total. The molecule has 0 fully saturated rings. The van der Waals surface area contributed by atoms with Crippen molar-refractivity contribution in [3.8, 4) is 11.5 Å². The molecular weight excluding hydrogens is 466 g/mol. The van der Waals surface area contributed by atoms with E-state index in [-0.39, 0.29) is 30.5 Å². The van der Waals surface area contributed by atoms with E-state index < -0.39 is 0 Å². The van der Waals surface area contributed by atoms with Gasteiger partial charge in [0.15, 0.2) is 6.61 Å². The minimum absolute atomic E-state index is 0.0109. The molecule has 0 bridgehead atoms. The molecule has 1 aliphatic heterocycles. The zero-order valence-corrected chi connectivity index (χ0v) is 19.8. The minimum atomic E-state index is -0.341. The number of fused-ring (bicyclic) bond motifs is 1. The van der Waals surface area contributed by atoms with Crippen molar-refractivity contribution in [1.82, 2.24) is 14.8 Å². The topological polar surface area (TPSA) is 90.3 Å². The van der Waals surface area contributed by atoms with E-state index in [0.29, 0.717) is 16.7 Å². The molecule has 0 unspecified atom stereocenters. The first-order chi connectivity index (χ1) is 17.1. The van der Waals surface area contributed by atoms with Crippen LogP contribution in [0.2, 0.25) is 5.02 Å². The maximum absolute atomic E-state index is 12.5. The molecule has 0 saturated carbocycles. The average Bonchev–Trinajstić information content (AvgIpc) is 3.30. The zero-order valence-electron chi connectivity index (χ0n) is 19.0. The van der Waals surface area contributed by atoms with Crippen molar-refractivity contribution in [2.24, 2.45) is 0 Å². The minimum Gasteiger partial charge on any atom is -0.497 e. The third-order valence-electron chi connectivity index (χ3n) is 5.83. The molecule has 3 aromatic carbocycles. The molecule has 178 valence electrons. The molecule has 2 atom stereocenters. The number of para-hydroxylation sites is 1. The summed E-state index contributed by atoms with van der Waals surface area (Å²) in [6.45, 7) is -0.142. The quantitative estimate of drug-likeness (QED) is 0.375.